The van der Waals surface area contributed by atoms with Crippen molar-refractivity contribution < 1.29 is 29.0 Å². The first kappa shape index (κ1) is 17.2. The summed E-state index contributed by atoms with van der Waals surface area (Å²) in [6.07, 6.45) is 3.39. The van der Waals surface area contributed by atoms with Gasteiger partial charge in [0.2, 0.25) is 0 Å². The van der Waals surface area contributed by atoms with Crippen molar-refractivity contribution in [1.29, 1.82) is 0 Å². The SMILES string of the molecule is C=CC(=O)OC(C)CCCCCOC(=O)CC(=O)O. The average molecular weight is 272 g/mol. The smallest absolute Gasteiger partial charge is 0.330 e. The molecule has 0 bridgehead atoms. The van der Waals surface area contributed by atoms with Crippen molar-refractivity contribution in [2.24, 2.45) is 0 Å². The Morgan fingerprint density at radius 3 is 2.53 bits per heavy atom. The summed E-state index contributed by atoms with van der Waals surface area (Å²) >= 11 is 0. The first-order valence-electron chi connectivity index (χ1n) is 6.16. The van der Waals surface area contributed by atoms with E-state index in [-0.39, 0.29) is 12.7 Å². The van der Waals surface area contributed by atoms with Crippen molar-refractivity contribution in [2.45, 2.75) is 45.1 Å². The van der Waals surface area contributed by atoms with Crippen LogP contribution in [0.15, 0.2) is 12.7 Å². The van der Waals surface area contributed by atoms with E-state index in [9.17, 15) is 14.4 Å². The third-order valence-electron chi connectivity index (χ3n) is 2.30. The van der Waals surface area contributed by atoms with Crippen molar-refractivity contribution in [1.82, 2.24) is 0 Å². The summed E-state index contributed by atoms with van der Waals surface area (Å²) in [6, 6.07) is 0. The Balaban J connectivity index is 3.45. The van der Waals surface area contributed by atoms with Crippen LogP contribution in [-0.2, 0) is 23.9 Å². The average Bonchev–Trinajstić information content (AvgIpc) is 2.32. The van der Waals surface area contributed by atoms with Crippen LogP contribution in [0.3, 0.4) is 0 Å². The van der Waals surface area contributed by atoms with Gasteiger partial charge in [0.1, 0.15) is 6.42 Å². The Hall–Kier alpha value is -1.85. The molecule has 0 aliphatic rings. The second-order valence-corrected chi connectivity index (χ2v) is 4.09. The molecule has 0 saturated heterocycles. The van der Waals surface area contributed by atoms with Crippen molar-refractivity contribution in [3.05, 3.63) is 12.7 Å². The summed E-state index contributed by atoms with van der Waals surface area (Å²) in [5.74, 6) is -2.35. The number of ether oxygens (including phenoxy) is 2. The molecule has 6 heteroatoms. The highest BCUT2D eigenvalue weighted by Gasteiger charge is 2.08. The van der Waals surface area contributed by atoms with Crippen LogP contribution < -0.4 is 0 Å². The van der Waals surface area contributed by atoms with Crippen LogP contribution >= 0.6 is 0 Å². The molecule has 1 atom stereocenters. The second kappa shape index (κ2) is 10.1. The van der Waals surface area contributed by atoms with Crippen LogP contribution in [0.2, 0.25) is 0 Å². The molecule has 19 heavy (non-hydrogen) atoms. The number of hydrogen-bond donors (Lipinski definition) is 1. The van der Waals surface area contributed by atoms with Gasteiger partial charge in [-0.2, -0.15) is 0 Å². The maximum atomic E-state index is 10.9. The predicted molar refractivity (Wildman–Crippen MR) is 67.4 cm³/mol. The highest BCUT2D eigenvalue weighted by Crippen LogP contribution is 2.07. The van der Waals surface area contributed by atoms with E-state index in [2.05, 4.69) is 6.58 Å². The molecule has 0 radical (unpaired) electrons. The van der Waals surface area contributed by atoms with E-state index < -0.39 is 24.3 Å². The van der Waals surface area contributed by atoms with Crippen molar-refractivity contribution in [3.8, 4) is 0 Å². The fourth-order valence-electron chi connectivity index (χ4n) is 1.38. The monoisotopic (exact) mass is 272 g/mol. The zero-order valence-electron chi connectivity index (χ0n) is 11.1. The fourth-order valence-corrected chi connectivity index (χ4v) is 1.38. The lowest BCUT2D eigenvalue weighted by Crippen LogP contribution is -2.13. The van der Waals surface area contributed by atoms with Gasteiger partial charge in [0.25, 0.3) is 0 Å². The zero-order valence-corrected chi connectivity index (χ0v) is 11.1. The Morgan fingerprint density at radius 2 is 1.95 bits per heavy atom. The molecular weight excluding hydrogens is 252 g/mol. The molecule has 6 nitrogen and oxygen atoms in total. The van der Waals surface area contributed by atoms with Gasteiger partial charge >= 0.3 is 17.9 Å². The Labute approximate surface area is 112 Å². The van der Waals surface area contributed by atoms with Crippen molar-refractivity contribution >= 4 is 17.9 Å². The number of esters is 2. The lowest BCUT2D eigenvalue weighted by Gasteiger charge is -2.11. The quantitative estimate of drug-likeness (QED) is 0.282. The second-order valence-electron chi connectivity index (χ2n) is 4.09. The number of carboxylic acids is 1. The minimum absolute atomic E-state index is 0.167. The third-order valence-corrected chi connectivity index (χ3v) is 2.30. The van der Waals surface area contributed by atoms with E-state index >= 15 is 0 Å². The lowest BCUT2D eigenvalue weighted by atomic mass is 10.1. The molecule has 0 amide bonds. The number of hydrogen-bond acceptors (Lipinski definition) is 5. The molecule has 0 aromatic carbocycles. The number of unbranched alkanes of at least 4 members (excludes halogenated alkanes) is 2. The van der Waals surface area contributed by atoms with Crippen molar-refractivity contribution in [2.75, 3.05) is 6.61 Å². The van der Waals surface area contributed by atoms with E-state index in [0.29, 0.717) is 6.42 Å². The topological polar surface area (TPSA) is 89.9 Å². The van der Waals surface area contributed by atoms with Crippen LogP contribution in [0.5, 0.6) is 0 Å². The highest BCUT2D eigenvalue weighted by atomic mass is 16.5. The summed E-state index contributed by atoms with van der Waals surface area (Å²) < 4.78 is 9.70. The van der Waals surface area contributed by atoms with Crippen LogP contribution in [-0.4, -0.2) is 35.7 Å². The van der Waals surface area contributed by atoms with Gasteiger partial charge in [-0.15, -0.1) is 0 Å². The molecule has 0 saturated carbocycles. The number of carbonyl (C=O) groups is 3. The van der Waals surface area contributed by atoms with Crippen LogP contribution in [0.1, 0.15) is 39.0 Å². The van der Waals surface area contributed by atoms with Gasteiger partial charge < -0.3 is 14.6 Å². The standard InChI is InChI=1S/C13H20O6/c1-3-12(16)19-10(2)7-5-4-6-8-18-13(17)9-11(14)15/h3,10H,1,4-9H2,2H3,(H,14,15). The first-order valence-corrected chi connectivity index (χ1v) is 6.16. The summed E-state index contributed by atoms with van der Waals surface area (Å²) in [6.45, 7) is 5.32. The summed E-state index contributed by atoms with van der Waals surface area (Å²) in [7, 11) is 0. The third kappa shape index (κ3) is 11.0. The summed E-state index contributed by atoms with van der Waals surface area (Å²) in [5.41, 5.74) is 0. The van der Waals surface area contributed by atoms with Gasteiger partial charge in [0, 0.05) is 6.08 Å². The molecule has 0 fully saturated rings. The molecule has 0 aromatic rings. The minimum Gasteiger partial charge on any atom is -0.481 e. The van der Waals surface area contributed by atoms with Gasteiger partial charge in [-0.05, 0) is 32.6 Å². The molecule has 1 N–H and O–H groups in total. The van der Waals surface area contributed by atoms with E-state index in [1.54, 1.807) is 6.92 Å². The molecule has 0 heterocycles. The number of rotatable bonds is 10. The lowest BCUT2D eigenvalue weighted by molar-refractivity contribution is -0.151. The van der Waals surface area contributed by atoms with Crippen molar-refractivity contribution in [3.63, 3.8) is 0 Å². The highest BCUT2D eigenvalue weighted by molar-refractivity contribution is 5.90. The molecule has 0 rings (SSSR count). The van der Waals surface area contributed by atoms with E-state index in [4.69, 9.17) is 14.6 Å². The predicted octanol–water partition coefficient (Wildman–Crippen LogP) is 1.68. The van der Waals surface area contributed by atoms with E-state index in [1.807, 2.05) is 0 Å². The fraction of sp³-hybridized carbons (Fsp3) is 0.615. The molecule has 1 unspecified atom stereocenters. The molecule has 108 valence electrons. The van der Waals surface area contributed by atoms with Gasteiger partial charge in [0.05, 0.1) is 12.7 Å². The zero-order chi connectivity index (χ0) is 14.7. The Morgan fingerprint density at radius 1 is 1.26 bits per heavy atom. The summed E-state index contributed by atoms with van der Waals surface area (Å²) in [5, 5.41) is 8.33. The summed E-state index contributed by atoms with van der Waals surface area (Å²) in [4.78, 5) is 31.9. The number of aliphatic carboxylic acids is 1. The molecule has 0 aliphatic carbocycles. The molecule has 0 aliphatic heterocycles. The van der Waals surface area contributed by atoms with Crippen LogP contribution in [0.4, 0.5) is 0 Å². The molecule has 0 spiro atoms. The van der Waals surface area contributed by atoms with Gasteiger partial charge in [-0.1, -0.05) is 6.58 Å². The number of carboxylic acid groups (broad SMARTS) is 1. The Bertz CT molecular complexity index is 323. The normalized spacial score (nSPS) is 11.4. The largest absolute Gasteiger partial charge is 0.481 e. The van der Waals surface area contributed by atoms with E-state index in [1.165, 1.54) is 0 Å². The molecule has 0 aromatic heterocycles. The maximum absolute atomic E-state index is 10.9. The van der Waals surface area contributed by atoms with Gasteiger partial charge in [-0.3, -0.25) is 9.59 Å². The number of carbonyl (C=O) groups excluding carboxylic acids is 2. The van der Waals surface area contributed by atoms with E-state index in [0.717, 1.165) is 25.3 Å². The maximum Gasteiger partial charge on any atom is 0.330 e. The minimum atomic E-state index is -1.19. The molecular formula is C13H20O6. The van der Waals surface area contributed by atoms with Gasteiger partial charge in [-0.25, -0.2) is 4.79 Å². The van der Waals surface area contributed by atoms with Gasteiger partial charge in [0.15, 0.2) is 0 Å². The first-order chi connectivity index (χ1) is 8.95. The van der Waals surface area contributed by atoms with Crippen LogP contribution in [0, 0.1) is 0 Å². The Kier molecular flexibility index (Phi) is 9.12. The van der Waals surface area contributed by atoms with Crippen LogP contribution in [0.25, 0.3) is 0 Å².